The Morgan fingerprint density at radius 1 is 1.29 bits per heavy atom. The molecule has 2 N–H and O–H groups in total. The van der Waals surface area contributed by atoms with Gasteiger partial charge in [-0.2, -0.15) is 0 Å². The SMILES string of the molecule is O=[Si](O)O.[LiH].[Mn].[Zn]. The second-order valence-corrected chi connectivity index (χ2v) is 0.848. The third kappa shape index (κ3) is 115. The van der Waals surface area contributed by atoms with Crippen LogP contribution in [0.3, 0.4) is 0 Å². The fourth-order valence-electron chi connectivity index (χ4n) is 0. The van der Waals surface area contributed by atoms with Crippen molar-refractivity contribution in [1.82, 2.24) is 0 Å². The van der Waals surface area contributed by atoms with E-state index in [0.717, 1.165) is 0 Å². The first-order valence-corrected chi connectivity index (χ1v) is 1.95. The summed E-state index contributed by atoms with van der Waals surface area (Å²) in [5.41, 5.74) is 0. The Bertz CT molecular complexity index is 37.9. The quantitative estimate of drug-likeness (QED) is 0.440. The number of hydrogen-bond acceptors (Lipinski definition) is 1. The Labute approximate surface area is 78.2 Å². The molecular formula is H3LiMnO3SiZn. The second kappa shape index (κ2) is 15.7. The normalized spacial score (nSPS) is 3.43. The third-order valence-electron chi connectivity index (χ3n) is 0. The van der Waals surface area contributed by atoms with Crippen molar-refractivity contribution in [2.75, 3.05) is 0 Å². The zero-order valence-electron chi connectivity index (χ0n) is 2.89. The molecule has 0 bridgehead atoms. The maximum absolute atomic E-state index is 8.74. The van der Waals surface area contributed by atoms with Gasteiger partial charge >= 0.3 is 28.0 Å². The van der Waals surface area contributed by atoms with Crippen LogP contribution in [-0.4, -0.2) is 37.6 Å². The largest absolute Gasteiger partial charge is 0 e. The summed E-state index contributed by atoms with van der Waals surface area (Å²) >= 11 is 0. The van der Waals surface area contributed by atoms with Crippen LogP contribution in [0.25, 0.3) is 0 Å². The average Bonchev–Trinajstić information content (AvgIpc) is 0.811. The van der Waals surface area contributed by atoms with Crippen LogP contribution in [0.15, 0.2) is 0 Å². The second-order valence-electron chi connectivity index (χ2n) is 0.283. The summed E-state index contributed by atoms with van der Waals surface area (Å²) < 4.78 is 8.74. The van der Waals surface area contributed by atoms with E-state index in [0.29, 0.717) is 0 Å². The van der Waals surface area contributed by atoms with Crippen LogP contribution < -0.4 is 0 Å². The predicted molar refractivity (Wildman–Crippen MR) is 18.0 cm³/mol. The molecule has 0 rings (SSSR count). The van der Waals surface area contributed by atoms with Gasteiger partial charge in [0, 0.05) is 36.5 Å². The van der Waals surface area contributed by atoms with Gasteiger partial charge < -0.3 is 9.59 Å². The summed E-state index contributed by atoms with van der Waals surface area (Å²) in [6.07, 6.45) is 0. The van der Waals surface area contributed by atoms with Gasteiger partial charge in [-0.3, -0.25) is 4.46 Å². The predicted octanol–water partition coefficient (Wildman–Crippen LogP) is -2.27. The van der Waals surface area contributed by atoms with Crippen LogP contribution >= 0.6 is 0 Å². The molecule has 0 heterocycles. The van der Waals surface area contributed by atoms with E-state index in [-0.39, 0.29) is 55.4 Å². The molecule has 0 aromatic heterocycles. The van der Waals surface area contributed by atoms with Crippen molar-refractivity contribution in [2.24, 2.45) is 0 Å². The summed E-state index contributed by atoms with van der Waals surface area (Å²) in [5, 5.41) is 0. The Hall–Kier alpha value is 1.36. The van der Waals surface area contributed by atoms with E-state index >= 15 is 0 Å². The monoisotopic (exact) mass is 205 g/mol. The van der Waals surface area contributed by atoms with Gasteiger partial charge in [-0.15, -0.1) is 0 Å². The maximum atomic E-state index is 8.74. The van der Waals surface area contributed by atoms with E-state index in [1.165, 1.54) is 0 Å². The first-order valence-electron chi connectivity index (χ1n) is 0.651. The van der Waals surface area contributed by atoms with Crippen molar-refractivity contribution in [3.05, 3.63) is 0 Å². The molecule has 7 heteroatoms. The molecule has 35 valence electrons. The van der Waals surface area contributed by atoms with Gasteiger partial charge in [0.05, 0.1) is 0 Å². The van der Waals surface area contributed by atoms with Crippen molar-refractivity contribution in [3.63, 3.8) is 0 Å². The van der Waals surface area contributed by atoms with Crippen molar-refractivity contribution >= 4 is 28.0 Å². The van der Waals surface area contributed by atoms with Gasteiger partial charge in [0.2, 0.25) is 0 Å². The molecule has 0 spiro atoms. The standard InChI is InChI=1S/Li.Mn.H2O3Si.Zn.H/c;;1-4(2)3;;/h;;1-2H;;. The summed E-state index contributed by atoms with van der Waals surface area (Å²) in [5.74, 6) is 0. The fraction of sp³-hybridized carbons (Fsp3) is 0. The topological polar surface area (TPSA) is 57.5 Å². The van der Waals surface area contributed by atoms with Crippen LogP contribution in [0.5, 0.6) is 0 Å². The molecule has 0 amide bonds. The third-order valence-corrected chi connectivity index (χ3v) is 0. The van der Waals surface area contributed by atoms with Gasteiger partial charge in [0.25, 0.3) is 0 Å². The van der Waals surface area contributed by atoms with Crippen LogP contribution in [-0.2, 0) is 41.0 Å². The van der Waals surface area contributed by atoms with Crippen LogP contribution in [0.4, 0.5) is 0 Å². The van der Waals surface area contributed by atoms with Crippen LogP contribution in [0, 0.1) is 0 Å². The van der Waals surface area contributed by atoms with Crippen LogP contribution in [0.1, 0.15) is 0 Å². The molecular weight excluding hydrogens is 203 g/mol. The van der Waals surface area contributed by atoms with E-state index in [4.69, 9.17) is 14.1 Å². The number of hydrogen-bond donors (Lipinski definition) is 2. The molecule has 3 nitrogen and oxygen atoms in total. The van der Waals surface area contributed by atoms with E-state index in [2.05, 4.69) is 0 Å². The van der Waals surface area contributed by atoms with Gasteiger partial charge in [-0.1, -0.05) is 0 Å². The van der Waals surface area contributed by atoms with E-state index in [1.54, 1.807) is 0 Å². The summed E-state index contributed by atoms with van der Waals surface area (Å²) in [6, 6.07) is 0. The molecule has 0 unspecified atom stereocenters. The Morgan fingerprint density at radius 3 is 1.29 bits per heavy atom. The van der Waals surface area contributed by atoms with E-state index in [1.807, 2.05) is 0 Å². The molecule has 0 atom stereocenters. The van der Waals surface area contributed by atoms with Crippen molar-refractivity contribution in [2.45, 2.75) is 0 Å². The first kappa shape index (κ1) is 23.8. The summed E-state index contributed by atoms with van der Waals surface area (Å²) in [6.45, 7) is 0. The maximum Gasteiger partial charge on any atom is 0 e. The molecule has 0 saturated carbocycles. The van der Waals surface area contributed by atoms with Crippen molar-refractivity contribution < 1.29 is 50.6 Å². The molecule has 0 aromatic rings. The fourth-order valence-corrected chi connectivity index (χ4v) is 0. The smallest absolute Gasteiger partial charge is 0 e. The zero-order valence-corrected chi connectivity index (χ0v) is 8.04. The van der Waals surface area contributed by atoms with E-state index < -0.39 is 9.17 Å². The minimum atomic E-state index is -3.13. The Balaban J connectivity index is -0.0000000150. The minimum Gasteiger partial charge on any atom is 0 e. The average molecular weight is 206 g/mol. The zero-order chi connectivity index (χ0) is 3.58. The van der Waals surface area contributed by atoms with Gasteiger partial charge in [-0.25, -0.2) is 0 Å². The minimum absolute atomic E-state index is 0. The Morgan fingerprint density at radius 2 is 1.29 bits per heavy atom. The van der Waals surface area contributed by atoms with Crippen molar-refractivity contribution in [3.8, 4) is 0 Å². The number of rotatable bonds is 0. The van der Waals surface area contributed by atoms with Gasteiger partial charge in [0.15, 0.2) is 0 Å². The molecule has 0 aliphatic heterocycles. The molecule has 1 radical (unpaired) electrons. The first-order chi connectivity index (χ1) is 1.73. The molecule has 0 aromatic carbocycles. The molecule has 0 saturated heterocycles. The van der Waals surface area contributed by atoms with Gasteiger partial charge in [0.1, 0.15) is 0 Å². The molecule has 0 aliphatic rings. The van der Waals surface area contributed by atoms with Gasteiger partial charge in [-0.05, 0) is 0 Å². The van der Waals surface area contributed by atoms with Crippen LogP contribution in [0.2, 0.25) is 0 Å². The van der Waals surface area contributed by atoms with Crippen molar-refractivity contribution in [1.29, 1.82) is 0 Å². The molecule has 0 aliphatic carbocycles. The molecule has 0 fully saturated rings. The summed E-state index contributed by atoms with van der Waals surface area (Å²) in [4.78, 5) is 14.3. The summed E-state index contributed by atoms with van der Waals surface area (Å²) in [7, 11) is -3.13. The molecule has 7 heavy (non-hydrogen) atoms. The Kier molecular flexibility index (Phi) is 53.3. The van der Waals surface area contributed by atoms with E-state index in [9.17, 15) is 0 Å².